The quantitative estimate of drug-likeness (QED) is 0.581. The molecule has 0 unspecified atom stereocenters. The summed E-state index contributed by atoms with van der Waals surface area (Å²) in [6.07, 6.45) is 7.14. The SMILES string of the molecule is CCCNCc1cc(S(=O)(=O)NCC2(CCC)CC2)c[nH]1. The number of aromatic nitrogens is 1. The Balaban J connectivity index is 1.90. The third-order valence-electron chi connectivity index (χ3n) is 4.14. The second-order valence-corrected chi connectivity index (χ2v) is 7.88. The van der Waals surface area contributed by atoms with Gasteiger partial charge in [0.15, 0.2) is 0 Å². The summed E-state index contributed by atoms with van der Waals surface area (Å²) in [6, 6.07) is 1.71. The number of rotatable bonds is 10. The van der Waals surface area contributed by atoms with Crippen LogP contribution in [0.2, 0.25) is 0 Å². The Morgan fingerprint density at radius 2 is 2.05 bits per heavy atom. The number of sulfonamides is 1. The first kappa shape index (κ1) is 16.5. The highest BCUT2D eigenvalue weighted by Gasteiger charge is 2.42. The third kappa shape index (κ3) is 4.56. The molecule has 1 aromatic heterocycles. The summed E-state index contributed by atoms with van der Waals surface area (Å²) < 4.78 is 27.4. The minimum Gasteiger partial charge on any atom is -0.363 e. The summed E-state index contributed by atoms with van der Waals surface area (Å²) in [5, 5.41) is 3.25. The van der Waals surface area contributed by atoms with Crippen LogP contribution in [0.3, 0.4) is 0 Å². The summed E-state index contributed by atoms with van der Waals surface area (Å²) in [7, 11) is -3.39. The van der Waals surface area contributed by atoms with E-state index in [-0.39, 0.29) is 5.41 Å². The fraction of sp³-hybridized carbons (Fsp3) is 0.733. The Hall–Kier alpha value is -0.850. The second kappa shape index (κ2) is 6.94. The first-order chi connectivity index (χ1) is 10.0. The van der Waals surface area contributed by atoms with E-state index in [1.165, 1.54) is 0 Å². The van der Waals surface area contributed by atoms with Crippen molar-refractivity contribution in [2.45, 2.75) is 57.4 Å². The number of hydrogen-bond donors (Lipinski definition) is 3. The van der Waals surface area contributed by atoms with E-state index in [0.29, 0.717) is 18.0 Å². The van der Waals surface area contributed by atoms with Crippen LogP contribution in [0.15, 0.2) is 17.2 Å². The zero-order chi connectivity index (χ0) is 15.3. The monoisotopic (exact) mass is 313 g/mol. The van der Waals surface area contributed by atoms with Crippen LogP contribution in [0, 0.1) is 5.41 Å². The Labute approximate surface area is 128 Å². The van der Waals surface area contributed by atoms with Gasteiger partial charge in [0.2, 0.25) is 10.0 Å². The zero-order valence-electron chi connectivity index (χ0n) is 13.0. The van der Waals surface area contributed by atoms with Crippen LogP contribution in [0.1, 0.15) is 51.6 Å². The first-order valence-electron chi connectivity index (χ1n) is 7.89. The molecule has 1 aliphatic rings. The molecule has 2 rings (SSSR count). The Bertz CT molecular complexity index is 547. The lowest BCUT2D eigenvalue weighted by molar-refractivity contribution is 0.449. The highest BCUT2D eigenvalue weighted by Crippen LogP contribution is 2.49. The molecule has 0 aliphatic heterocycles. The number of H-pyrrole nitrogens is 1. The average molecular weight is 313 g/mol. The molecule has 0 aromatic carbocycles. The molecule has 1 fully saturated rings. The van der Waals surface area contributed by atoms with Crippen molar-refractivity contribution in [1.82, 2.24) is 15.0 Å². The molecular weight excluding hydrogens is 286 g/mol. The molecule has 1 saturated carbocycles. The predicted molar refractivity (Wildman–Crippen MR) is 84.6 cm³/mol. The van der Waals surface area contributed by atoms with Crippen LogP contribution < -0.4 is 10.0 Å². The van der Waals surface area contributed by atoms with Crippen molar-refractivity contribution in [3.63, 3.8) is 0 Å². The van der Waals surface area contributed by atoms with Gasteiger partial charge in [0.1, 0.15) is 0 Å². The minimum absolute atomic E-state index is 0.226. The van der Waals surface area contributed by atoms with Gasteiger partial charge in [-0.3, -0.25) is 0 Å². The normalized spacial score (nSPS) is 17.0. The van der Waals surface area contributed by atoms with Crippen LogP contribution in [0.25, 0.3) is 0 Å². The number of aromatic amines is 1. The molecule has 6 heteroatoms. The Morgan fingerprint density at radius 1 is 1.29 bits per heavy atom. The van der Waals surface area contributed by atoms with Crippen LogP contribution in [0.5, 0.6) is 0 Å². The lowest BCUT2D eigenvalue weighted by Gasteiger charge is -2.14. The molecule has 5 nitrogen and oxygen atoms in total. The summed E-state index contributed by atoms with van der Waals surface area (Å²) in [4.78, 5) is 3.36. The Morgan fingerprint density at radius 3 is 2.67 bits per heavy atom. The Kier molecular flexibility index (Phi) is 5.46. The number of hydrogen-bond acceptors (Lipinski definition) is 3. The molecule has 0 radical (unpaired) electrons. The molecule has 0 amide bonds. The summed E-state index contributed by atoms with van der Waals surface area (Å²) in [5.41, 5.74) is 1.13. The highest BCUT2D eigenvalue weighted by atomic mass is 32.2. The second-order valence-electron chi connectivity index (χ2n) is 6.11. The van der Waals surface area contributed by atoms with Crippen molar-refractivity contribution in [1.29, 1.82) is 0 Å². The molecule has 0 saturated heterocycles. The minimum atomic E-state index is -3.39. The molecular formula is C15H27N3O2S. The maximum Gasteiger partial charge on any atom is 0.242 e. The van der Waals surface area contributed by atoms with E-state index in [1.54, 1.807) is 12.3 Å². The van der Waals surface area contributed by atoms with E-state index in [0.717, 1.165) is 44.3 Å². The van der Waals surface area contributed by atoms with Crippen molar-refractivity contribution in [2.24, 2.45) is 5.41 Å². The average Bonchev–Trinajstić information content (AvgIpc) is 3.04. The first-order valence-corrected chi connectivity index (χ1v) is 9.37. The molecule has 0 spiro atoms. The van der Waals surface area contributed by atoms with E-state index in [4.69, 9.17) is 0 Å². The van der Waals surface area contributed by atoms with Gasteiger partial charge in [-0.25, -0.2) is 13.1 Å². The van der Waals surface area contributed by atoms with E-state index in [1.807, 2.05) is 0 Å². The smallest absolute Gasteiger partial charge is 0.242 e. The van der Waals surface area contributed by atoms with Crippen molar-refractivity contribution in [3.8, 4) is 0 Å². The van der Waals surface area contributed by atoms with Crippen LogP contribution in [0.4, 0.5) is 0 Å². The number of nitrogens with one attached hydrogen (secondary N) is 3. The van der Waals surface area contributed by atoms with E-state index in [2.05, 4.69) is 28.9 Å². The lowest BCUT2D eigenvalue weighted by atomic mass is 10.0. The van der Waals surface area contributed by atoms with Gasteiger partial charge in [-0.1, -0.05) is 20.3 Å². The van der Waals surface area contributed by atoms with Gasteiger partial charge in [0.25, 0.3) is 0 Å². The fourth-order valence-corrected chi connectivity index (χ4v) is 3.80. The predicted octanol–water partition coefficient (Wildman–Crippen LogP) is 2.37. The summed E-state index contributed by atoms with van der Waals surface area (Å²) in [6.45, 7) is 6.42. The van der Waals surface area contributed by atoms with Crippen LogP contribution >= 0.6 is 0 Å². The largest absolute Gasteiger partial charge is 0.363 e. The van der Waals surface area contributed by atoms with E-state index in [9.17, 15) is 8.42 Å². The van der Waals surface area contributed by atoms with Crippen molar-refractivity contribution in [2.75, 3.05) is 13.1 Å². The third-order valence-corrected chi connectivity index (χ3v) is 5.52. The summed E-state index contributed by atoms with van der Waals surface area (Å²) in [5.74, 6) is 0. The van der Waals surface area contributed by atoms with Gasteiger partial charge in [-0.15, -0.1) is 0 Å². The van der Waals surface area contributed by atoms with Gasteiger partial charge in [-0.2, -0.15) is 0 Å². The highest BCUT2D eigenvalue weighted by molar-refractivity contribution is 7.89. The van der Waals surface area contributed by atoms with Gasteiger partial charge < -0.3 is 10.3 Å². The van der Waals surface area contributed by atoms with Crippen LogP contribution in [-0.2, 0) is 16.6 Å². The van der Waals surface area contributed by atoms with Gasteiger partial charge >= 0.3 is 0 Å². The molecule has 120 valence electrons. The zero-order valence-corrected chi connectivity index (χ0v) is 13.9. The molecule has 3 N–H and O–H groups in total. The topological polar surface area (TPSA) is 74.0 Å². The van der Waals surface area contributed by atoms with Crippen molar-refractivity contribution >= 4 is 10.0 Å². The summed E-state index contributed by atoms with van der Waals surface area (Å²) >= 11 is 0. The van der Waals surface area contributed by atoms with Gasteiger partial charge in [-0.05, 0) is 43.7 Å². The van der Waals surface area contributed by atoms with Crippen LogP contribution in [-0.4, -0.2) is 26.5 Å². The molecule has 1 heterocycles. The molecule has 0 bridgehead atoms. The maximum absolute atomic E-state index is 12.3. The van der Waals surface area contributed by atoms with Crippen molar-refractivity contribution in [3.05, 3.63) is 18.0 Å². The van der Waals surface area contributed by atoms with Gasteiger partial charge in [0, 0.05) is 25.0 Å². The standard InChI is InChI=1S/C15H27N3O2S/c1-3-5-15(6-7-15)12-18-21(19,20)14-9-13(17-11-14)10-16-8-4-2/h9,11,16-18H,3-8,10,12H2,1-2H3. The van der Waals surface area contributed by atoms with E-state index < -0.39 is 10.0 Å². The molecule has 1 aromatic rings. The van der Waals surface area contributed by atoms with E-state index >= 15 is 0 Å². The molecule has 21 heavy (non-hydrogen) atoms. The lowest BCUT2D eigenvalue weighted by Crippen LogP contribution is -2.30. The molecule has 0 atom stereocenters. The van der Waals surface area contributed by atoms with Gasteiger partial charge in [0.05, 0.1) is 4.90 Å². The molecule has 1 aliphatic carbocycles. The van der Waals surface area contributed by atoms with Crippen molar-refractivity contribution < 1.29 is 8.42 Å². The maximum atomic E-state index is 12.3. The fourth-order valence-electron chi connectivity index (χ4n) is 2.63.